The molecule has 0 amide bonds. The van der Waals surface area contributed by atoms with Gasteiger partial charge in [-0.3, -0.25) is 0 Å². The molecule has 0 aliphatic heterocycles. The number of nitrogens with one attached hydrogen (secondary N) is 1. The van der Waals surface area contributed by atoms with E-state index < -0.39 is 0 Å². The van der Waals surface area contributed by atoms with Gasteiger partial charge in [0.05, 0.1) is 0 Å². The van der Waals surface area contributed by atoms with Crippen LogP contribution in [-0.4, -0.2) is 36.1 Å². The minimum atomic E-state index is 0. The van der Waals surface area contributed by atoms with Crippen LogP contribution in [0.4, 0.5) is 5.69 Å². The van der Waals surface area contributed by atoms with E-state index in [9.17, 15) is 0 Å². The molecule has 1 aromatic rings. The van der Waals surface area contributed by atoms with E-state index in [0.29, 0.717) is 0 Å². The maximum atomic E-state index is 3.25. The molecule has 0 aliphatic carbocycles. The second-order valence-electron chi connectivity index (χ2n) is 2.40. The van der Waals surface area contributed by atoms with Crippen LogP contribution in [0, 0.1) is 6.92 Å². The number of aryl methyl sites for hydroxylation is 1. The van der Waals surface area contributed by atoms with Crippen molar-refractivity contribution in [2.45, 2.75) is 13.8 Å². The van der Waals surface area contributed by atoms with Crippen LogP contribution in [0.25, 0.3) is 0 Å². The van der Waals surface area contributed by atoms with Gasteiger partial charge < -0.3 is 5.32 Å². The third-order valence-electron chi connectivity index (χ3n) is 1.40. The normalized spacial score (nSPS) is 8.55. The summed E-state index contributed by atoms with van der Waals surface area (Å²) in [4.78, 5) is 0. The first-order valence-corrected chi connectivity index (χ1v) is 3.63. The molecular weight excluding hydrogens is 145 g/mol. The maximum absolute atomic E-state index is 3.25. The van der Waals surface area contributed by atoms with Gasteiger partial charge in [0, 0.05) is 12.2 Å². The Kier molecular flexibility index (Phi) is 5.65. The molecule has 0 aromatic heterocycles. The van der Waals surface area contributed by atoms with E-state index in [1.54, 1.807) is 0 Å². The van der Waals surface area contributed by atoms with E-state index in [1.807, 2.05) is 0 Å². The predicted octanol–water partition coefficient (Wildman–Crippen LogP) is 1.78. The molecule has 0 saturated carbocycles. The number of hydrogen-bond acceptors (Lipinski definition) is 1. The fraction of sp³-hybridized carbons (Fsp3) is 0.333. The topological polar surface area (TPSA) is 12.0 Å². The minimum absolute atomic E-state index is 0. The van der Waals surface area contributed by atoms with Gasteiger partial charge >= 0.3 is 29.6 Å². The van der Waals surface area contributed by atoms with Crippen molar-refractivity contribution in [2.75, 3.05) is 11.9 Å². The van der Waals surface area contributed by atoms with Crippen molar-refractivity contribution in [1.82, 2.24) is 0 Å². The molecule has 0 bridgehead atoms. The molecule has 11 heavy (non-hydrogen) atoms. The van der Waals surface area contributed by atoms with Crippen LogP contribution in [0.5, 0.6) is 0 Å². The second-order valence-corrected chi connectivity index (χ2v) is 2.40. The third-order valence-corrected chi connectivity index (χ3v) is 1.40. The van der Waals surface area contributed by atoms with Crippen molar-refractivity contribution in [2.24, 2.45) is 0 Å². The summed E-state index contributed by atoms with van der Waals surface area (Å²) in [7, 11) is 0. The van der Waals surface area contributed by atoms with Crippen LogP contribution in [0.3, 0.4) is 0 Å². The average Bonchev–Trinajstić information content (AvgIpc) is 1.88. The predicted molar refractivity (Wildman–Crippen MR) is 52.5 cm³/mol. The molecule has 0 aliphatic rings. The third kappa shape index (κ3) is 3.80. The Hall–Kier alpha value is 0.0200. The molecule has 56 valence electrons. The number of anilines is 1. The number of benzene rings is 1. The van der Waals surface area contributed by atoms with Gasteiger partial charge in [0.15, 0.2) is 0 Å². The molecule has 0 heterocycles. The zero-order valence-corrected chi connectivity index (χ0v) is 6.52. The summed E-state index contributed by atoms with van der Waals surface area (Å²) in [5, 5.41) is 3.25. The van der Waals surface area contributed by atoms with E-state index >= 15 is 0 Å². The summed E-state index contributed by atoms with van der Waals surface area (Å²) in [6, 6.07) is 8.38. The summed E-state index contributed by atoms with van der Waals surface area (Å²) in [6.07, 6.45) is 0. The Bertz CT molecular complexity index is 210. The van der Waals surface area contributed by atoms with Gasteiger partial charge in [-0.05, 0) is 31.5 Å². The first-order valence-electron chi connectivity index (χ1n) is 3.63. The summed E-state index contributed by atoms with van der Waals surface area (Å²) in [6.45, 7) is 5.19. The molecule has 1 rings (SSSR count). The van der Waals surface area contributed by atoms with E-state index in [2.05, 4.69) is 43.4 Å². The first kappa shape index (κ1) is 11.0. The number of rotatable bonds is 2. The molecule has 0 saturated heterocycles. The number of hydrogen-bond donors (Lipinski definition) is 1. The van der Waals surface area contributed by atoms with E-state index in [0.717, 1.165) is 6.54 Å². The van der Waals surface area contributed by atoms with E-state index in [1.165, 1.54) is 11.3 Å². The van der Waals surface area contributed by atoms with Crippen LogP contribution in [-0.2, 0) is 0 Å². The average molecular weight is 159 g/mol. The molecule has 0 radical (unpaired) electrons. The molecule has 0 unspecified atom stereocenters. The van der Waals surface area contributed by atoms with Gasteiger partial charge in [-0.1, -0.05) is 12.1 Å². The molecule has 0 fully saturated rings. The van der Waals surface area contributed by atoms with Crippen molar-refractivity contribution in [3.05, 3.63) is 29.8 Å². The van der Waals surface area contributed by atoms with Crippen LogP contribution < -0.4 is 5.32 Å². The monoisotopic (exact) mass is 159 g/mol. The van der Waals surface area contributed by atoms with Crippen LogP contribution in [0.1, 0.15) is 12.5 Å². The van der Waals surface area contributed by atoms with Crippen molar-refractivity contribution >= 4 is 35.2 Å². The summed E-state index contributed by atoms with van der Waals surface area (Å²) in [5.41, 5.74) is 2.51. The van der Waals surface area contributed by atoms with Crippen molar-refractivity contribution in [1.29, 1.82) is 0 Å². The van der Waals surface area contributed by atoms with Gasteiger partial charge in [-0.25, -0.2) is 0 Å². The Morgan fingerprint density at radius 2 is 2.09 bits per heavy atom. The molecule has 1 nitrogen and oxygen atoms in total. The fourth-order valence-corrected chi connectivity index (χ4v) is 0.959. The van der Waals surface area contributed by atoms with Gasteiger partial charge in [-0.15, -0.1) is 0 Å². The molecule has 1 aromatic carbocycles. The molecular formula is C9H14NNa. The molecule has 0 atom stereocenters. The van der Waals surface area contributed by atoms with Crippen molar-refractivity contribution in [3.8, 4) is 0 Å². The van der Waals surface area contributed by atoms with E-state index in [4.69, 9.17) is 0 Å². The van der Waals surface area contributed by atoms with E-state index in [-0.39, 0.29) is 29.6 Å². The first-order chi connectivity index (χ1) is 4.83. The molecule has 0 spiro atoms. The van der Waals surface area contributed by atoms with Crippen LogP contribution >= 0.6 is 0 Å². The Labute approximate surface area is 90.5 Å². The summed E-state index contributed by atoms with van der Waals surface area (Å²) < 4.78 is 0. The quantitative estimate of drug-likeness (QED) is 0.648. The fourth-order valence-electron chi connectivity index (χ4n) is 0.959. The van der Waals surface area contributed by atoms with Crippen LogP contribution in [0.2, 0.25) is 0 Å². The summed E-state index contributed by atoms with van der Waals surface area (Å²) >= 11 is 0. The van der Waals surface area contributed by atoms with Gasteiger partial charge in [0.25, 0.3) is 0 Å². The Morgan fingerprint density at radius 1 is 1.36 bits per heavy atom. The van der Waals surface area contributed by atoms with Crippen molar-refractivity contribution in [3.63, 3.8) is 0 Å². The van der Waals surface area contributed by atoms with Gasteiger partial charge in [0.2, 0.25) is 0 Å². The van der Waals surface area contributed by atoms with Crippen molar-refractivity contribution < 1.29 is 0 Å². The molecule has 2 heteroatoms. The summed E-state index contributed by atoms with van der Waals surface area (Å²) in [5.74, 6) is 0. The Morgan fingerprint density at radius 3 is 2.64 bits per heavy atom. The van der Waals surface area contributed by atoms with Gasteiger partial charge in [0.1, 0.15) is 0 Å². The standard InChI is InChI=1S/C9H13N.Na.H/c1-3-10-9-6-4-5-8(2)7-9;;/h4-7,10H,3H2,1-2H3;;. The Balaban J connectivity index is 0.000001000. The molecule has 1 N–H and O–H groups in total. The van der Waals surface area contributed by atoms with Crippen LogP contribution in [0.15, 0.2) is 24.3 Å². The van der Waals surface area contributed by atoms with Gasteiger partial charge in [-0.2, -0.15) is 0 Å². The second kappa shape index (κ2) is 5.64. The zero-order valence-electron chi connectivity index (χ0n) is 6.52. The zero-order chi connectivity index (χ0) is 7.40. The SMILES string of the molecule is CCNc1cccc(C)c1.[NaH].